The summed E-state index contributed by atoms with van der Waals surface area (Å²) < 4.78 is 25.0. The summed E-state index contributed by atoms with van der Waals surface area (Å²) in [5.41, 5.74) is 1.26. The maximum atomic E-state index is 15.4. The fraction of sp³-hybridized carbons (Fsp3) is 0.0435. The number of para-hydroxylation sites is 1. The predicted octanol–water partition coefficient (Wildman–Crippen LogP) is 3.42. The van der Waals surface area contributed by atoms with Gasteiger partial charge in [0.1, 0.15) is 11.4 Å². The quantitative estimate of drug-likeness (QED) is 0.429. The Bertz CT molecular complexity index is 1440. The molecule has 0 atom stereocenters. The van der Waals surface area contributed by atoms with E-state index in [2.05, 4.69) is 15.3 Å². The highest BCUT2D eigenvalue weighted by Crippen LogP contribution is 2.24. The molecule has 0 aliphatic carbocycles. The van der Waals surface area contributed by atoms with Gasteiger partial charge in [-0.1, -0.05) is 24.3 Å². The molecule has 0 bridgehead atoms. The van der Waals surface area contributed by atoms with Crippen LogP contribution in [0.1, 0.15) is 0 Å². The van der Waals surface area contributed by atoms with Crippen LogP contribution >= 0.6 is 0 Å². The first kappa shape index (κ1) is 19.4. The summed E-state index contributed by atoms with van der Waals surface area (Å²) in [5, 5.41) is 12.9. The Morgan fingerprint density at radius 3 is 2.38 bits per heavy atom. The average molecular weight is 428 g/mol. The van der Waals surface area contributed by atoms with E-state index in [4.69, 9.17) is 4.74 Å². The van der Waals surface area contributed by atoms with Gasteiger partial charge in [0.25, 0.3) is 5.43 Å². The molecule has 3 heterocycles. The van der Waals surface area contributed by atoms with Gasteiger partial charge in [-0.25, -0.2) is 18.4 Å². The van der Waals surface area contributed by atoms with E-state index in [1.165, 1.54) is 22.7 Å². The monoisotopic (exact) mass is 428 g/mol. The van der Waals surface area contributed by atoms with Crippen LogP contribution in [0.5, 0.6) is 5.75 Å². The molecule has 32 heavy (non-hydrogen) atoms. The van der Waals surface area contributed by atoms with Crippen LogP contribution in [0.15, 0.2) is 90.2 Å². The van der Waals surface area contributed by atoms with E-state index >= 15 is 4.39 Å². The van der Waals surface area contributed by atoms with Crippen molar-refractivity contribution in [3.05, 3.63) is 101 Å². The van der Waals surface area contributed by atoms with Gasteiger partial charge in [0.15, 0.2) is 17.3 Å². The van der Waals surface area contributed by atoms with E-state index in [0.717, 1.165) is 5.69 Å². The highest BCUT2D eigenvalue weighted by molar-refractivity contribution is 5.59. The number of nitrogens with zero attached hydrogens (tertiary/aromatic N) is 6. The molecule has 5 rings (SSSR count). The molecule has 0 N–H and O–H groups in total. The first-order valence-electron chi connectivity index (χ1n) is 9.74. The van der Waals surface area contributed by atoms with Crippen molar-refractivity contribution >= 4 is 0 Å². The van der Waals surface area contributed by atoms with E-state index in [1.54, 1.807) is 53.6 Å². The highest BCUT2D eigenvalue weighted by atomic mass is 19.1. The second kappa shape index (κ2) is 7.95. The van der Waals surface area contributed by atoms with Crippen molar-refractivity contribution < 1.29 is 9.13 Å². The van der Waals surface area contributed by atoms with Crippen molar-refractivity contribution in [3.63, 3.8) is 0 Å². The summed E-state index contributed by atoms with van der Waals surface area (Å²) in [5.74, 6) is -0.517. The van der Waals surface area contributed by atoms with Crippen LogP contribution in [0, 0.1) is 5.82 Å². The Balaban J connectivity index is 1.71. The molecule has 0 radical (unpaired) electrons. The number of methoxy groups -OCH3 is 1. The Morgan fingerprint density at radius 2 is 1.66 bits per heavy atom. The summed E-state index contributed by atoms with van der Waals surface area (Å²) in [4.78, 5) is 13.1. The number of aromatic nitrogens is 6. The molecule has 0 amide bonds. The van der Waals surface area contributed by atoms with Crippen LogP contribution in [0.3, 0.4) is 0 Å². The molecule has 0 aliphatic rings. The van der Waals surface area contributed by atoms with Gasteiger partial charge in [0.2, 0.25) is 0 Å². The van der Waals surface area contributed by atoms with Crippen LogP contribution in [-0.4, -0.2) is 36.5 Å². The van der Waals surface area contributed by atoms with Gasteiger partial charge in [0, 0.05) is 12.4 Å². The number of ether oxygens (including phenoxy) is 1. The second-order valence-electron chi connectivity index (χ2n) is 6.84. The van der Waals surface area contributed by atoms with Crippen LogP contribution in [0.4, 0.5) is 4.39 Å². The summed E-state index contributed by atoms with van der Waals surface area (Å²) in [6.07, 6.45) is 6.15. The molecular formula is C23H17FN6O2. The topological polar surface area (TPSA) is 79.8 Å². The average Bonchev–Trinajstić information content (AvgIpc) is 3.53. The van der Waals surface area contributed by atoms with Crippen LogP contribution in [-0.2, 0) is 0 Å². The smallest absolute Gasteiger partial charge is 0.251 e. The molecule has 0 saturated heterocycles. The molecule has 2 aromatic carbocycles. The molecule has 8 nitrogen and oxygen atoms in total. The van der Waals surface area contributed by atoms with Gasteiger partial charge < -0.3 is 4.74 Å². The number of benzene rings is 2. The minimum Gasteiger partial charge on any atom is -0.491 e. The van der Waals surface area contributed by atoms with Gasteiger partial charge >= 0.3 is 0 Å². The standard InChI is InChI=1S/C23H17FN6O2/c1-32-20-15-29(18-10-5-9-17(21(18)24)28-14-6-12-25-28)27-22(23(20)31)19-11-13-26-30(19)16-7-3-2-4-8-16/h2-15H,1H3. The van der Waals surface area contributed by atoms with Crippen LogP contribution in [0.2, 0.25) is 0 Å². The molecule has 0 unspecified atom stereocenters. The molecule has 5 aromatic rings. The minimum absolute atomic E-state index is 0.0275. The lowest BCUT2D eigenvalue weighted by Gasteiger charge is -2.14. The normalized spacial score (nSPS) is 10.9. The van der Waals surface area contributed by atoms with Gasteiger partial charge in [-0.3, -0.25) is 4.79 Å². The number of rotatable bonds is 5. The third-order valence-electron chi connectivity index (χ3n) is 4.95. The second-order valence-corrected chi connectivity index (χ2v) is 6.84. The highest BCUT2D eigenvalue weighted by Gasteiger charge is 2.20. The molecule has 3 aromatic heterocycles. The van der Waals surface area contributed by atoms with Gasteiger partial charge in [-0.2, -0.15) is 15.3 Å². The zero-order chi connectivity index (χ0) is 22.1. The zero-order valence-electron chi connectivity index (χ0n) is 17.0. The summed E-state index contributed by atoms with van der Waals surface area (Å²) in [7, 11) is 1.38. The lowest BCUT2D eigenvalue weighted by atomic mass is 10.2. The van der Waals surface area contributed by atoms with Crippen LogP contribution in [0.25, 0.3) is 28.5 Å². The largest absolute Gasteiger partial charge is 0.491 e. The van der Waals surface area contributed by atoms with Crippen molar-refractivity contribution in [1.82, 2.24) is 29.3 Å². The van der Waals surface area contributed by atoms with Gasteiger partial charge in [-0.15, -0.1) is 0 Å². The third kappa shape index (κ3) is 3.25. The Kier molecular flexibility index (Phi) is 4.83. The lowest BCUT2D eigenvalue weighted by Crippen LogP contribution is -2.18. The van der Waals surface area contributed by atoms with Gasteiger partial charge in [-0.05, 0) is 36.4 Å². The van der Waals surface area contributed by atoms with Crippen LogP contribution < -0.4 is 10.2 Å². The maximum absolute atomic E-state index is 15.4. The van der Waals surface area contributed by atoms with Crippen molar-refractivity contribution in [2.45, 2.75) is 0 Å². The number of hydrogen-bond donors (Lipinski definition) is 0. The molecule has 0 aliphatic heterocycles. The van der Waals surface area contributed by atoms with Crippen molar-refractivity contribution in [2.75, 3.05) is 7.11 Å². The molecule has 0 fully saturated rings. The Hall–Kier alpha value is -4.53. The Labute approximate surface area is 181 Å². The van der Waals surface area contributed by atoms with E-state index in [9.17, 15) is 4.79 Å². The zero-order valence-corrected chi connectivity index (χ0v) is 17.0. The maximum Gasteiger partial charge on any atom is 0.251 e. The SMILES string of the molecule is COc1cn(-c2cccc(-n3cccn3)c2F)nc(-c2ccnn2-c2ccccc2)c1=O. The van der Waals surface area contributed by atoms with E-state index in [-0.39, 0.29) is 22.8 Å². The minimum atomic E-state index is -0.545. The third-order valence-corrected chi connectivity index (χ3v) is 4.95. The predicted molar refractivity (Wildman–Crippen MR) is 116 cm³/mol. The molecule has 0 saturated carbocycles. The molecule has 9 heteroatoms. The fourth-order valence-electron chi connectivity index (χ4n) is 3.44. The van der Waals surface area contributed by atoms with Crippen molar-refractivity contribution in [2.24, 2.45) is 0 Å². The Morgan fingerprint density at radius 1 is 0.875 bits per heavy atom. The molecule has 0 spiro atoms. The van der Waals surface area contributed by atoms with Gasteiger partial charge in [0.05, 0.1) is 30.9 Å². The first-order chi connectivity index (χ1) is 15.7. The van der Waals surface area contributed by atoms with Crippen molar-refractivity contribution in [3.8, 4) is 34.2 Å². The fourth-order valence-corrected chi connectivity index (χ4v) is 3.44. The summed E-state index contributed by atoms with van der Waals surface area (Å²) >= 11 is 0. The van der Waals surface area contributed by atoms with E-state index < -0.39 is 11.2 Å². The van der Waals surface area contributed by atoms with E-state index in [0.29, 0.717) is 5.69 Å². The summed E-state index contributed by atoms with van der Waals surface area (Å²) in [6.45, 7) is 0. The number of hydrogen-bond acceptors (Lipinski definition) is 5. The van der Waals surface area contributed by atoms with E-state index in [1.807, 2.05) is 30.3 Å². The molecule has 158 valence electrons. The molecular weight excluding hydrogens is 411 g/mol. The number of halogens is 1. The lowest BCUT2D eigenvalue weighted by molar-refractivity contribution is 0.405. The summed E-state index contributed by atoms with van der Waals surface area (Å²) in [6, 6.07) is 17.6. The van der Waals surface area contributed by atoms with Crippen molar-refractivity contribution in [1.29, 1.82) is 0 Å². The first-order valence-corrected chi connectivity index (χ1v) is 9.74.